The third-order valence-electron chi connectivity index (χ3n) is 2.66. The minimum absolute atomic E-state index is 0.401. The van der Waals surface area contributed by atoms with E-state index in [2.05, 4.69) is 0 Å². The van der Waals surface area contributed by atoms with Crippen LogP contribution in [0.15, 0.2) is 28.7 Å². The fourth-order valence-corrected chi connectivity index (χ4v) is 2.58. The van der Waals surface area contributed by atoms with Crippen molar-refractivity contribution in [3.63, 3.8) is 0 Å². The number of aryl methyl sites for hydroxylation is 1. The van der Waals surface area contributed by atoms with Gasteiger partial charge in [-0.2, -0.15) is 0 Å². The standard InChI is InChI=1S/C13H14O4S/c1-3-11-13(10(14)8-18(2,15)16)9-6-4-5-7-12(9)17-11/h4-7H,3,8H2,1-2H3. The highest BCUT2D eigenvalue weighted by Crippen LogP contribution is 2.26. The lowest BCUT2D eigenvalue weighted by Crippen LogP contribution is -2.15. The molecule has 0 bridgehead atoms. The number of hydrogen-bond donors (Lipinski definition) is 0. The van der Waals surface area contributed by atoms with Gasteiger partial charge in [0.1, 0.15) is 17.1 Å². The number of ketones is 1. The molecule has 0 aliphatic carbocycles. The van der Waals surface area contributed by atoms with Gasteiger partial charge in [-0.25, -0.2) is 8.42 Å². The van der Waals surface area contributed by atoms with Crippen molar-refractivity contribution in [1.29, 1.82) is 0 Å². The van der Waals surface area contributed by atoms with E-state index in [4.69, 9.17) is 4.42 Å². The second-order valence-electron chi connectivity index (χ2n) is 4.24. The molecule has 0 fully saturated rings. The van der Waals surface area contributed by atoms with Crippen LogP contribution in [0, 0.1) is 0 Å². The van der Waals surface area contributed by atoms with E-state index in [1.54, 1.807) is 18.2 Å². The number of furan rings is 1. The van der Waals surface area contributed by atoms with Crippen LogP contribution in [0.3, 0.4) is 0 Å². The molecule has 2 aromatic rings. The van der Waals surface area contributed by atoms with E-state index in [1.165, 1.54) is 0 Å². The molecule has 1 aromatic carbocycles. The molecule has 0 radical (unpaired) electrons. The first kappa shape index (κ1) is 12.8. The summed E-state index contributed by atoms with van der Waals surface area (Å²) in [4.78, 5) is 12.1. The fourth-order valence-electron chi connectivity index (χ4n) is 1.96. The van der Waals surface area contributed by atoms with Crippen molar-refractivity contribution in [2.24, 2.45) is 0 Å². The van der Waals surface area contributed by atoms with Crippen molar-refractivity contribution in [2.75, 3.05) is 12.0 Å². The quantitative estimate of drug-likeness (QED) is 0.796. The Morgan fingerprint density at radius 3 is 2.56 bits per heavy atom. The van der Waals surface area contributed by atoms with Gasteiger partial charge in [-0.1, -0.05) is 25.1 Å². The number of rotatable bonds is 4. The Bertz CT molecular complexity index is 695. The van der Waals surface area contributed by atoms with Gasteiger partial charge in [0.25, 0.3) is 0 Å². The molecule has 0 spiro atoms. The maximum absolute atomic E-state index is 12.1. The Hall–Kier alpha value is -1.62. The molecule has 2 rings (SSSR count). The first-order valence-corrected chi connectivity index (χ1v) is 7.69. The zero-order valence-corrected chi connectivity index (χ0v) is 11.1. The summed E-state index contributed by atoms with van der Waals surface area (Å²) in [5.74, 6) is -0.340. The lowest BCUT2D eigenvalue weighted by Gasteiger charge is -1.99. The van der Waals surface area contributed by atoms with E-state index in [0.29, 0.717) is 28.7 Å². The lowest BCUT2D eigenvalue weighted by atomic mass is 10.1. The van der Waals surface area contributed by atoms with E-state index < -0.39 is 21.4 Å². The summed E-state index contributed by atoms with van der Waals surface area (Å²) >= 11 is 0. The predicted molar refractivity (Wildman–Crippen MR) is 69.6 cm³/mol. The van der Waals surface area contributed by atoms with Gasteiger partial charge < -0.3 is 4.42 Å². The number of para-hydroxylation sites is 1. The smallest absolute Gasteiger partial charge is 0.181 e. The van der Waals surface area contributed by atoms with Gasteiger partial charge in [0.15, 0.2) is 15.6 Å². The van der Waals surface area contributed by atoms with Crippen LogP contribution in [0.2, 0.25) is 0 Å². The second-order valence-corrected chi connectivity index (χ2v) is 6.38. The molecule has 0 saturated carbocycles. The van der Waals surface area contributed by atoms with Crippen LogP contribution < -0.4 is 0 Å². The number of sulfone groups is 1. The average molecular weight is 266 g/mol. The summed E-state index contributed by atoms with van der Waals surface area (Å²) in [7, 11) is -3.33. The highest BCUT2D eigenvalue weighted by molar-refractivity contribution is 7.91. The van der Waals surface area contributed by atoms with Crippen molar-refractivity contribution in [1.82, 2.24) is 0 Å². The number of Topliss-reactive ketones (excluding diaryl/α,β-unsaturated/α-hetero) is 1. The molecule has 1 heterocycles. The van der Waals surface area contributed by atoms with E-state index in [-0.39, 0.29) is 0 Å². The molecule has 0 aliphatic rings. The zero-order chi connectivity index (χ0) is 13.3. The van der Waals surface area contributed by atoms with Crippen LogP contribution in [-0.2, 0) is 16.3 Å². The van der Waals surface area contributed by atoms with Crippen LogP contribution in [0.5, 0.6) is 0 Å². The normalized spacial score (nSPS) is 11.9. The molecule has 5 heteroatoms. The largest absolute Gasteiger partial charge is 0.460 e. The molecule has 0 saturated heterocycles. The van der Waals surface area contributed by atoms with Gasteiger partial charge >= 0.3 is 0 Å². The summed E-state index contributed by atoms with van der Waals surface area (Å²) in [5, 5.41) is 0.683. The average Bonchev–Trinajstić information content (AvgIpc) is 2.64. The molecular weight excluding hydrogens is 252 g/mol. The predicted octanol–water partition coefficient (Wildman–Crippen LogP) is 2.22. The van der Waals surface area contributed by atoms with Crippen molar-refractivity contribution in [3.05, 3.63) is 35.6 Å². The SMILES string of the molecule is CCc1oc2ccccc2c1C(=O)CS(C)(=O)=O. The third kappa shape index (κ3) is 2.46. The monoisotopic (exact) mass is 266 g/mol. The van der Waals surface area contributed by atoms with Crippen LogP contribution in [0.4, 0.5) is 0 Å². The van der Waals surface area contributed by atoms with Gasteiger partial charge in [0.2, 0.25) is 0 Å². The Morgan fingerprint density at radius 1 is 1.28 bits per heavy atom. The van der Waals surface area contributed by atoms with E-state index >= 15 is 0 Å². The lowest BCUT2D eigenvalue weighted by molar-refractivity contribution is 0.102. The molecule has 0 amide bonds. The van der Waals surface area contributed by atoms with Crippen LogP contribution >= 0.6 is 0 Å². The molecule has 0 aliphatic heterocycles. The molecule has 4 nitrogen and oxygen atoms in total. The van der Waals surface area contributed by atoms with Crippen LogP contribution in [0.25, 0.3) is 11.0 Å². The van der Waals surface area contributed by atoms with E-state index in [0.717, 1.165) is 6.26 Å². The Balaban J connectivity index is 2.58. The van der Waals surface area contributed by atoms with Gasteiger partial charge in [0.05, 0.1) is 5.56 Å². The second kappa shape index (κ2) is 4.57. The fraction of sp³-hybridized carbons (Fsp3) is 0.308. The molecule has 0 N–H and O–H groups in total. The van der Waals surface area contributed by atoms with Crippen molar-refractivity contribution < 1.29 is 17.6 Å². The number of hydrogen-bond acceptors (Lipinski definition) is 4. The molecule has 96 valence electrons. The van der Waals surface area contributed by atoms with Crippen molar-refractivity contribution in [3.8, 4) is 0 Å². The summed E-state index contributed by atoms with van der Waals surface area (Å²) < 4.78 is 28.0. The van der Waals surface area contributed by atoms with Crippen molar-refractivity contribution >= 4 is 26.6 Å². The highest BCUT2D eigenvalue weighted by atomic mass is 32.2. The van der Waals surface area contributed by atoms with Crippen LogP contribution in [0.1, 0.15) is 23.0 Å². The third-order valence-corrected chi connectivity index (χ3v) is 3.45. The Kier molecular flexibility index (Phi) is 3.26. The van der Waals surface area contributed by atoms with E-state index in [1.807, 2.05) is 13.0 Å². The van der Waals surface area contributed by atoms with E-state index in [9.17, 15) is 13.2 Å². The Labute approximate surface area is 106 Å². The van der Waals surface area contributed by atoms with Gasteiger partial charge in [0, 0.05) is 18.1 Å². The number of carbonyl (C=O) groups excluding carboxylic acids is 1. The molecule has 0 atom stereocenters. The summed E-state index contributed by atoms with van der Waals surface area (Å²) in [6, 6.07) is 7.16. The first-order valence-electron chi connectivity index (χ1n) is 5.63. The number of benzene rings is 1. The number of fused-ring (bicyclic) bond motifs is 1. The summed E-state index contributed by atoms with van der Waals surface area (Å²) in [6.07, 6.45) is 1.61. The van der Waals surface area contributed by atoms with Gasteiger partial charge in [-0.15, -0.1) is 0 Å². The number of carbonyl (C=O) groups is 1. The van der Waals surface area contributed by atoms with Gasteiger partial charge in [-0.3, -0.25) is 4.79 Å². The van der Waals surface area contributed by atoms with Crippen LogP contribution in [-0.4, -0.2) is 26.2 Å². The molecule has 0 unspecified atom stereocenters. The highest BCUT2D eigenvalue weighted by Gasteiger charge is 2.22. The van der Waals surface area contributed by atoms with Crippen molar-refractivity contribution in [2.45, 2.75) is 13.3 Å². The Morgan fingerprint density at radius 2 is 1.94 bits per heavy atom. The summed E-state index contributed by atoms with van der Waals surface area (Å²) in [6.45, 7) is 1.87. The molecule has 18 heavy (non-hydrogen) atoms. The molecule has 1 aromatic heterocycles. The minimum atomic E-state index is -3.33. The molecular formula is C13H14O4S. The maximum atomic E-state index is 12.1. The minimum Gasteiger partial charge on any atom is -0.460 e. The van der Waals surface area contributed by atoms with Gasteiger partial charge in [-0.05, 0) is 6.07 Å². The summed E-state index contributed by atoms with van der Waals surface area (Å²) in [5.41, 5.74) is 1.02. The zero-order valence-electron chi connectivity index (χ0n) is 10.3. The first-order chi connectivity index (χ1) is 8.42. The maximum Gasteiger partial charge on any atom is 0.181 e. The topological polar surface area (TPSA) is 64.3 Å².